The van der Waals surface area contributed by atoms with E-state index in [2.05, 4.69) is 11.9 Å². The second-order valence-corrected chi connectivity index (χ2v) is 9.58. The van der Waals surface area contributed by atoms with Gasteiger partial charge in [-0.15, -0.1) is 6.58 Å². The molecule has 2 unspecified atom stereocenters. The van der Waals surface area contributed by atoms with Gasteiger partial charge in [0.05, 0.1) is 11.7 Å². The molecule has 0 fully saturated rings. The molecule has 0 aliphatic rings. The Balaban J connectivity index is 0.000000722. The number of ether oxygens (including phenoxy) is 2. The molecule has 2 aromatic rings. The Hall–Kier alpha value is -3.36. The highest BCUT2D eigenvalue weighted by Gasteiger charge is 2.30. The van der Waals surface area contributed by atoms with Gasteiger partial charge in [0.1, 0.15) is 18.0 Å². The predicted molar refractivity (Wildman–Crippen MR) is 134 cm³/mol. The first-order valence-corrected chi connectivity index (χ1v) is 11.8. The molecular formula is C28H35F4NO4. The zero-order chi connectivity index (χ0) is 28.2. The van der Waals surface area contributed by atoms with E-state index in [4.69, 9.17) is 9.47 Å². The van der Waals surface area contributed by atoms with Gasteiger partial charge in [0.15, 0.2) is 0 Å². The lowest BCUT2D eigenvalue weighted by atomic mass is 9.93. The first-order valence-electron chi connectivity index (χ1n) is 11.8. The Bertz CT molecular complexity index is 976. The van der Waals surface area contributed by atoms with Gasteiger partial charge in [0, 0.05) is 0 Å². The number of alkyl carbamates (subject to hydrolysis) is 1. The van der Waals surface area contributed by atoms with Crippen LogP contribution in [0.3, 0.4) is 0 Å². The number of nitrogens with one attached hydrogen (secondary N) is 1. The van der Waals surface area contributed by atoms with Crippen molar-refractivity contribution in [1.82, 2.24) is 5.32 Å². The maximum Gasteiger partial charge on any atom is 0.416 e. The fourth-order valence-corrected chi connectivity index (χ4v) is 3.13. The largest absolute Gasteiger partial charge is 0.461 e. The highest BCUT2D eigenvalue weighted by atomic mass is 19.4. The van der Waals surface area contributed by atoms with Crippen molar-refractivity contribution >= 4 is 12.1 Å². The highest BCUT2D eigenvalue weighted by Crippen LogP contribution is 2.29. The Kier molecular flexibility index (Phi) is 12.3. The smallest absolute Gasteiger partial charge is 0.416 e. The monoisotopic (exact) mass is 525 g/mol. The van der Waals surface area contributed by atoms with Crippen molar-refractivity contribution in [3.8, 4) is 0 Å². The van der Waals surface area contributed by atoms with E-state index in [1.807, 2.05) is 6.92 Å². The number of aryl methyl sites for hydroxylation is 1. The fraction of sp³-hybridized carbons (Fsp3) is 0.429. The molecule has 1 N–H and O–H groups in total. The average Bonchev–Trinajstić information content (AvgIpc) is 2.78. The van der Waals surface area contributed by atoms with E-state index >= 15 is 0 Å². The summed E-state index contributed by atoms with van der Waals surface area (Å²) in [6, 6.07) is 11.3. The van der Waals surface area contributed by atoms with Crippen LogP contribution in [-0.2, 0) is 26.9 Å². The van der Waals surface area contributed by atoms with Crippen molar-refractivity contribution in [3.63, 3.8) is 0 Å². The van der Waals surface area contributed by atoms with E-state index < -0.39 is 35.5 Å². The molecule has 0 saturated carbocycles. The molecule has 37 heavy (non-hydrogen) atoms. The Morgan fingerprint density at radius 2 is 1.59 bits per heavy atom. The molecule has 1 amide bonds. The Morgan fingerprint density at radius 1 is 1.03 bits per heavy atom. The number of halogens is 4. The van der Waals surface area contributed by atoms with E-state index in [0.717, 1.165) is 23.3 Å². The number of hydrogen-bond acceptors (Lipinski definition) is 4. The highest BCUT2D eigenvalue weighted by molar-refractivity contribution is 5.78. The molecule has 0 saturated heterocycles. The zero-order valence-electron chi connectivity index (χ0n) is 21.8. The first-order chi connectivity index (χ1) is 17.1. The minimum atomic E-state index is -4.37. The van der Waals surface area contributed by atoms with Gasteiger partial charge in [0.2, 0.25) is 0 Å². The Morgan fingerprint density at radius 3 is 2.05 bits per heavy atom. The van der Waals surface area contributed by atoms with Crippen LogP contribution >= 0.6 is 0 Å². The molecule has 0 bridgehead atoms. The molecule has 0 aliphatic carbocycles. The lowest BCUT2D eigenvalue weighted by Crippen LogP contribution is -2.36. The molecule has 2 aromatic carbocycles. The van der Waals surface area contributed by atoms with Crippen molar-refractivity contribution < 1.29 is 36.6 Å². The van der Waals surface area contributed by atoms with Crippen molar-refractivity contribution in [1.29, 1.82) is 0 Å². The second kappa shape index (κ2) is 14.4. The van der Waals surface area contributed by atoms with Crippen LogP contribution in [0.2, 0.25) is 0 Å². The van der Waals surface area contributed by atoms with E-state index in [-0.39, 0.29) is 18.3 Å². The van der Waals surface area contributed by atoms with Crippen LogP contribution in [0.25, 0.3) is 0 Å². The standard InChI is InChI=1S/C21H28F3NO4.C7H7F/c1-6-15(12-16-7-9-17(10-8-16)21(22,23)24)11-14(2)28-18(26)13-25-19(27)29-20(3,4)5;1-6-2-4-7(8)5-3-6/h6-10,14-15H,1,11-13H2,2-5H3,(H,25,27);2-5H,1H3. The lowest BCUT2D eigenvalue weighted by Gasteiger charge is -2.21. The summed E-state index contributed by atoms with van der Waals surface area (Å²) in [7, 11) is 0. The van der Waals surface area contributed by atoms with E-state index in [9.17, 15) is 27.2 Å². The van der Waals surface area contributed by atoms with Gasteiger partial charge in [-0.3, -0.25) is 4.79 Å². The molecule has 0 heterocycles. The number of carbonyl (C=O) groups is 2. The molecule has 204 valence electrons. The molecule has 2 atom stereocenters. The van der Waals surface area contributed by atoms with Gasteiger partial charge >= 0.3 is 18.2 Å². The van der Waals surface area contributed by atoms with Gasteiger partial charge in [-0.05, 0) is 83.2 Å². The van der Waals surface area contributed by atoms with Crippen LogP contribution < -0.4 is 5.32 Å². The summed E-state index contributed by atoms with van der Waals surface area (Å²) < 4.78 is 60.3. The van der Waals surface area contributed by atoms with Crippen LogP contribution in [0, 0.1) is 18.7 Å². The van der Waals surface area contributed by atoms with Gasteiger partial charge in [-0.25, -0.2) is 9.18 Å². The summed E-state index contributed by atoms with van der Waals surface area (Å²) in [5.74, 6) is -0.871. The van der Waals surface area contributed by atoms with Gasteiger partial charge in [0.25, 0.3) is 0 Å². The quantitative estimate of drug-likeness (QED) is 0.228. The lowest BCUT2D eigenvalue weighted by molar-refractivity contribution is -0.147. The van der Waals surface area contributed by atoms with Crippen molar-refractivity contribution in [2.45, 2.75) is 65.3 Å². The van der Waals surface area contributed by atoms with E-state index in [0.29, 0.717) is 12.8 Å². The molecule has 0 aliphatic heterocycles. The summed E-state index contributed by atoms with van der Waals surface area (Å²) in [4.78, 5) is 23.4. The van der Waals surface area contributed by atoms with Crippen LogP contribution in [-0.4, -0.2) is 30.3 Å². The maximum atomic E-state index is 12.6. The molecule has 0 spiro atoms. The first kappa shape index (κ1) is 31.7. The van der Waals surface area contributed by atoms with Crippen molar-refractivity contribution in [2.75, 3.05) is 6.54 Å². The molecule has 0 radical (unpaired) electrons. The topological polar surface area (TPSA) is 64.6 Å². The third-order valence-corrected chi connectivity index (χ3v) is 4.87. The van der Waals surface area contributed by atoms with Crippen LogP contribution in [0.1, 0.15) is 50.8 Å². The van der Waals surface area contributed by atoms with Crippen LogP contribution in [0.15, 0.2) is 61.2 Å². The average molecular weight is 526 g/mol. The van der Waals surface area contributed by atoms with Crippen LogP contribution in [0.5, 0.6) is 0 Å². The van der Waals surface area contributed by atoms with E-state index in [1.165, 1.54) is 24.3 Å². The number of rotatable bonds is 8. The third kappa shape index (κ3) is 14.1. The number of benzene rings is 2. The molecule has 9 heteroatoms. The number of allylic oxidation sites excluding steroid dienone is 1. The summed E-state index contributed by atoms with van der Waals surface area (Å²) in [5, 5.41) is 2.32. The minimum Gasteiger partial charge on any atom is -0.461 e. The maximum absolute atomic E-state index is 12.6. The normalized spacial score (nSPS) is 12.9. The van der Waals surface area contributed by atoms with Crippen molar-refractivity contribution in [2.24, 2.45) is 5.92 Å². The third-order valence-electron chi connectivity index (χ3n) is 4.87. The SMILES string of the molecule is C=CC(Cc1ccc(C(F)(F)F)cc1)CC(C)OC(=O)CNC(=O)OC(C)(C)C.Cc1ccc(F)cc1. The summed E-state index contributed by atoms with van der Waals surface area (Å²) >= 11 is 0. The molecule has 5 nitrogen and oxygen atoms in total. The number of alkyl halides is 3. The van der Waals surface area contributed by atoms with Crippen LogP contribution in [0.4, 0.5) is 22.4 Å². The number of esters is 1. The van der Waals surface area contributed by atoms with Gasteiger partial charge < -0.3 is 14.8 Å². The Labute approximate surface area is 215 Å². The predicted octanol–water partition coefficient (Wildman–Crippen LogP) is 7.03. The fourth-order valence-electron chi connectivity index (χ4n) is 3.13. The molecule has 2 rings (SSSR count). The van der Waals surface area contributed by atoms with Gasteiger partial charge in [-0.2, -0.15) is 13.2 Å². The summed E-state index contributed by atoms with van der Waals surface area (Å²) in [6.45, 7) is 12.2. The number of hydrogen-bond donors (Lipinski definition) is 1. The summed E-state index contributed by atoms with van der Waals surface area (Å²) in [6.07, 6.45) is -2.94. The zero-order valence-corrected chi connectivity index (χ0v) is 21.8. The minimum absolute atomic E-state index is 0.0895. The molecular weight excluding hydrogens is 490 g/mol. The molecule has 0 aromatic heterocycles. The summed E-state index contributed by atoms with van der Waals surface area (Å²) in [5.41, 5.74) is 0.451. The number of amides is 1. The van der Waals surface area contributed by atoms with Gasteiger partial charge in [-0.1, -0.05) is 35.9 Å². The number of carbonyl (C=O) groups excluding carboxylic acids is 2. The second-order valence-electron chi connectivity index (χ2n) is 9.58. The van der Waals surface area contributed by atoms with E-state index in [1.54, 1.807) is 45.9 Å². The van der Waals surface area contributed by atoms with Crippen molar-refractivity contribution in [3.05, 3.63) is 83.7 Å².